The van der Waals surface area contributed by atoms with Gasteiger partial charge < -0.3 is 9.88 Å². The standard InChI is InChI=1S/C17H14N6OS/c24-17(14-8-18-10-25-14)22-6-4-12-15(20-9-19-12)16(22)13-7-11-3-1-2-5-23(11)21-13/h1-3,5,7-10,16H,4,6H2,(H,19,20)/t16-/m0/s1. The van der Waals surface area contributed by atoms with Crippen LogP contribution in [0.1, 0.15) is 32.8 Å². The van der Waals surface area contributed by atoms with Crippen LogP contribution in [0, 0.1) is 0 Å². The molecule has 0 saturated heterocycles. The molecule has 0 aliphatic carbocycles. The minimum absolute atomic E-state index is 0.0294. The zero-order valence-corrected chi connectivity index (χ0v) is 14.0. The molecule has 0 fully saturated rings. The van der Waals surface area contributed by atoms with E-state index in [0.29, 0.717) is 11.4 Å². The second kappa shape index (κ2) is 5.52. The van der Waals surface area contributed by atoms with E-state index < -0.39 is 0 Å². The number of nitrogens with one attached hydrogen (secondary N) is 1. The number of carbonyl (C=O) groups is 1. The second-order valence-corrected chi connectivity index (χ2v) is 6.81. The maximum Gasteiger partial charge on any atom is 0.266 e. The number of hydrogen-bond donors (Lipinski definition) is 1. The first-order valence-corrected chi connectivity index (χ1v) is 8.85. The van der Waals surface area contributed by atoms with Crippen molar-refractivity contribution in [1.29, 1.82) is 0 Å². The fourth-order valence-corrected chi connectivity index (χ4v) is 3.92. The molecule has 5 heterocycles. The van der Waals surface area contributed by atoms with Gasteiger partial charge in [0.25, 0.3) is 5.91 Å². The third-order valence-electron chi connectivity index (χ3n) is 4.50. The highest BCUT2D eigenvalue weighted by Crippen LogP contribution is 2.34. The molecule has 0 saturated carbocycles. The molecule has 4 aromatic heterocycles. The summed E-state index contributed by atoms with van der Waals surface area (Å²) in [6.45, 7) is 0.616. The Morgan fingerprint density at radius 3 is 3.16 bits per heavy atom. The van der Waals surface area contributed by atoms with Gasteiger partial charge in [-0.3, -0.25) is 9.78 Å². The minimum Gasteiger partial charge on any atom is -0.348 e. The Morgan fingerprint density at radius 1 is 1.36 bits per heavy atom. The van der Waals surface area contributed by atoms with Crippen molar-refractivity contribution in [3.8, 4) is 0 Å². The molecule has 5 rings (SSSR count). The van der Waals surface area contributed by atoms with Crippen molar-refractivity contribution >= 4 is 22.8 Å². The van der Waals surface area contributed by atoms with E-state index >= 15 is 0 Å². The molecule has 1 atom stereocenters. The Labute approximate surface area is 147 Å². The molecule has 7 nitrogen and oxygen atoms in total. The van der Waals surface area contributed by atoms with Gasteiger partial charge in [0.15, 0.2) is 0 Å². The summed E-state index contributed by atoms with van der Waals surface area (Å²) in [7, 11) is 0. The maximum absolute atomic E-state index is 13.0. The Hall–Kier alpha value is -3.00. The van der Waals surface area contributed by atoms with Crippen molar-refractivity contribution < 1.29 is 4.79 Å². The van der Waals surface area contributed by atoms with E-state index in [9.17, 15) is 4.79 Å². The zero-order chi connectivity index (χ0) is 16.8. The fourth-order valence-electron chi connectivity index (χ4n) is 3.35. The molecule has 25 heavy (non-hydrogen) atoms. The number of carbonyl (C=O) groups excluding carboxylic acids is 1. The van der Waals surface area contributed by atoms with Gasteiger partial charge in [-0.05, 0) is 18.2 Å². The summed E-state index contributed by atoms with van der Waals surface area (Å²) < 4.78 is 1.83. The largest absolute Gasteiger partial charge is 0.348 e. The van der Waals surface area contributed by atoms with E-state index in [1.165, 1.54) is 11.3 Å². The van der Waals surface area contributed by atoms with Gasteiger partial charge in [-0.25, -0.2) is 9.50 Å². The lowest BCUT2D eigenvalue weighted by molar-refractivity contribution is 0.0692. The SMILES string of the molecule is O=C(c1cncs1)N1CCc2[nH]cnc2[C@@H]1c1cc2ccccn2n1. The van der Waals surface area contributed by atoms with Gasteiger partial charge in [0.1, 0.15) is 10.9 Å². The lowest BCUT2D eigenvalue weighted by atomic mass is 9.99. The Morgan fingerprint density at radius 2 is 2.32 bits per heavy atom. The van der Waals surface area contributed by atoms with Crippen molar-refractivity contribution in [2.75, 3.05) is 6.54 Å². The van der Waals surface area contributed by atoms with Gasteiger partial charge in [0.2, 0.25) is 0 Å². The van der Waals surface area contributed by atoms with Crippen LogP contribution in [0.4, 0.5) is 0 Å². The topological polar surface area (TPSA) is 79.2 Å². The third kappa shape index (κ3) is 2.25. The monoisotopic (exact) mass is 350 g/mol. The summed E-state index contributed by atoms with van der Waals surface area (Å²) in [5, 5.41) is 4.69. The number of rotatable bonds is 2. The summed E-state index contributed by atoms with van der Waals surface area (Å²) in [6.07, 6.45) is 5.97. The first kappa shape index (κ1) is 14.4. The van der Waals surface area contributed by atoms with Gasteiger partial charge >= 0.3 is 0 Å². The number of aromatic amines is 1. The predicted molar refractivity (Wildman–Crippen MR) is 92.5 cm³/mol. The molecule has 1 amide bonds. The van der Waals surface area contributed by atoms with Gasteiger partial charge in [0.05, 0.1) is 34.9 Å². The summed E-state index contributed by atoms with van der Waals surface area (Å²) in [4.78, 5) is 27.2. The first-order valence-electron chi connectivity index (χ1n) is 7.97. The van der Waals surface area contributed by atoms with E-state index in [-0.39, 0.29) is 11.9 Å². The molecule has 0 unspecified atom stereocenters. The molecule has 1 aliphatic heterocycles. The van der Waals surface area contributed by atoms with E-state index in [1.807, 2.05) is 39.9 Å². The van der Waals surface area contributed by atoms with Gasteiger partial charge in [0, 0.05) is 24.9 Å². The van der Waals surface area contributed by atoms with Crippen molar-refractivity contribution in [3.05, 3.63) is 70.5 Å². The molecule has 8 heteroatoms. The quantitative estimate of drug-likeness (QED) is 0.602. The van der Waals surface area contributed by atoms with Gasteiger partial charge in [-0.1, -0.05) is 6.07 Å². The van der Waals surface area contributed by atoms with Crippen LogP contribution in [0.25, 0.3) is 5.52 Å². The van der Waals surface area contributed by atoms with Crippen LogP contribution < -0.4 is 0 Å². The molecule has 124 valence electrons. The predicted octanol–water partition coefficient (Wildman–Crippen LogP) is 2.30. The molecule has 1 aliphatic rings. The lowest BCUT2D eigenvalue weighted by Gasteiger charge is -2.33. The summed E-state index contributed by atoms with van der Waals surface area (Å²) in [5.41, 5.74) is 5.42. The Bertz CT molecular complexity index is 1020. The van der Waals surface area contributed by atoms with Crippen molar-refractivity contribution in [2.45, 2.75) is 12.5 Å². The van der Waals surface area contributed by atoms with Crippen molar-refractivity contribution in [2.24, 2.45) is 0 Å². The molecule has 0 aromatic carbocycles. The number of pyridine rings is 1. The maximum atomic E-state index is 13.0. The van der Waals surface area contributed by atoms with E-state index in [0.717, 1.165) is 29.0 Å². The highest BCUT2D eigenvalue weighted by atomic mass is 32.1. The van der Waals surface area contributed by atoms with Crippen LogP contribution in [-0.2, 0) is 6.42 Å². The molecule has 0 spiro atoms. The van der Waals surface area contributed by atoms with E-state index in [1.54, 1.807) is 18.0 Å². The minimum atomic E-state index is -0.301. The number of H-pyrrole nitrogens is 1. The highest BCUT2D eigenvalue weighted by molar-refractivity contribution is 7.11. The normalized spacial score (nSPS) is 17.0. The van der Waals surface area contributed by atoms with Crippen LogP contribution >= 0.6 is 11.3 Å². The summed E-state index contributed by atoms with van der Waals surface area (Å²) >= 11 is 1.35. The van der Waals surface area contributed by atoms with Crippen LogP contribution in [0.3, 0.4) is 0 Å². The summed E-state index contributed by atoms with van der Waals surface area (Å²) in [6, 6.07) is 7.62. The lowest BCUT2D eigenvalue weighted by Crippen LogP contribution is -2.40. The number of hydrogen-bond acceptors (Lipinski definition) is 5. The Kier molecular flexibility index (Phi) is 3.17. The number of imidazole rings is 1. The molecule has 4 aromatic rings. The average Bonchev–Trinajstić information content (AvgIpc) is 3.39. The fraction of sp³-hybridized carbons (Fsp3) is 0.176. The Balaban J connectivity index is 1.64. The number of amides is 1. The van der Waals surface area contributed by atoms with Crippen LogP contribution in [-0.4, -0.2) is 41.9 Å². The van der Waals surface area contributed by atoms with Gasteiger partial charge in [-0.15, -0.1) is 11.3 Å². The van der Waals surface area contributed by atoms with Crippen molar-refractivity contribution in [1.82, 2.24) is 29.5 Å². The van der Waals surface area contributed by atoms with Crippen molar-refractivity contribution in [3.63, 3.8) is 0 Å². The molecule has 0 bridgehead atoms. The first-order chi connectivity index (χ1) is 12.3. The second-order valence-electron chi connectivity index (χ2n) is 5.92. The van der Waals surface area contributed by atoms with Crippen LogP contribution in [0.2, 0.25) is 0 Å². The number of aromatic nitrogens is 5. The summed E-state index contributed by atoms with van der Waals surface area (Å²) in [5.74, 6) is -0.0294. The molecule has 1 N–H and O–H groups in total. The third-order valence-corrected chi connectivity index (χ3v) is 5.26. The average molecular weight is 350 g/mol. The molecular formula is C17H14N6OS. The zero-order valence-electron chi connectivity index (χ0n) is 13.2. The van der Waals surface area contributed by atoms with Crippen LogP contribution in [0.5, 0.6) is 0 Å². The highest BCUT2D eigenvalue weighted by Gasteiger charge is 2.36. The number of fused-ring (bicyclic) bond motifs is 2. The van der Waals surface area contributed by atoms with E-state index in [4.69, 9.17) is 0 Å². The van der Waals surface area contributed by atoms with Crippen LogP contribution in [0.15, 0.2) is 48.5 Å². The molecular weight excluding hydrogens is 336 g/mol. The number of nitrogens with zero attached hydrogens (tertiary/aromatic N) is 5. The smallest absolute Gasteiger partial charge is 0.266 e. The molecule has 0 radical (unpaired) electrons. The number of thiazole rings is 1. The van der Waals surface area contributed by atoms with Gasteiger partial charge in [-0.2, -0.15) is 5.10 Å². The van der Waals surface area contributed by atoms with E-state index in [2.05, 4.69) is 20.1 Å².